The number of ether oxygens (including phenoxy) is 4. The van der Waals surface area contributed by atoms with Gasteiger partial charge in [-0.3, -0.25) is 9.59 Å². The van der Waals surface area contributed by atoms with E-state index in [0.717, 1.165) is 0 Å². The minimum atomic E-state index is -0.240. The first-order valence-corrected chi connectivity index (χ1v) is 7.32. The Morgan fingerprint density at radius 1 is 0.727 bits per heavy atom. The minimum absolute atomic E-state index is 0.230. The summed E-state index contributed by atoms with van der Waals surface area (Å²) in [6, 6.07) is 7.04. The van der Waals surface area contributed by atoms with Crippen LogP contribution in [0.25, 0.3) is 0 Å². The molecule has 0 saturated heterocycles. The second kappa shape index (κ2) is 10.5. The molecule has 122 valence electrons. The van der Waals surface area contributed by atoms with Crippen LogP contribution in [0.1, 0.15) is 26.7 Å². The van der Waals surface area contributed by atoms with Gasteiger partial charge in [-0.1, -0.05) is 13.8 Å². The Bertz CT molecular complexity index is 411. The zero-order valence-electron chi connectivity index (χ0n) is 13.0. The highest BCUT2D eigenvalue weighted by Crippen LogP contribution is 2.17. The highest BCUT2D eigenvalue weighted by atomic mass is 16.6. The number of hydrogen-bond donors (Lipinski definition) is 0. The molecule has 1 aromatic rings. The van der Waals surface area contributed by atoms with E-state index in [9.17, 15) is 9.59 Å². The molecule has 0 aromatic heterocycles. The van der Waals surface area contributed by atoms with Crippen LogP contribution in [0.5, 0.6) is 11.5 Å². The van der Waals surface area contributed by atoms with Crippen LogP contribution in [-0.4, -0.2) is 38.4 Å². The molecular weight excluding hydrogens is 288 g/mol. The Morgan fingerprint density at radius 2 is 1.09 bits per heavy atom. The van der Waals surface area contributed by atoms with E-state index in [1.807, 2.05) is 0 Å². The molecule has 0 bridgehead atoms. The number of carbonyl (C=O) groups is 2. The van der Waals surface area contributed by atoms with E-state index in [2.05, 4.69) is 0 Å². The summed E-state index contributed by atoms with van der Waals surface area (Å²) in [6.07, 6.45) is 0.721. The third kappa shape index (κ3) is 7.52. The smallest absolute Gasteiger partial charge is 0.305 e. The molecule has 0 saturated carbocycles. The van der Waals surface area contributed by atoms with Crippen molar-refractivity contribution in [1.29, 1.82) is 0 Å². The maximum absolute atomic E-state index is 10.9. The normalized spacial score (nSPS) is 9.91. The van der Waals surface area contributed by atoms with Gasteiger partial charge >= 0.3 is 11.9 Å². The Balaban J connectivity index is 2.19. The van der Waals surface area contributed by atoms with Gasteiger partial charge in [0.05, 0.1) is 0 Å². The van der Waals surface area contributed by atoms with Crippen LogP contribution < -0.4 is 9.47 Å². The number of esters is 2. The highest BCUT2D eigenvalue weighted by Gasteiger charge is 2.01. The van der Waals surface area contributed by atoms with Crippen LogP contribution >= 0.6 is 0 Å². The molecule has 22 heavy (non-hydrogen) atoms. The van der Waals surface area contributed by atoms with Crippen molar-refractivity contribution >= 4 is 11.9 Å². The van der Waals surface area contributed by atoms with Gasteiger partial charge in [-0.25, -0.2) is 0 Å². The molecule has 0 aliphatic rings. The molecule has 0 aliphatic heterocycles. The maximum Gasteiger partial charge on any atom is 0.305 e. The molecule has 6 heteroatoms. The van der Waals surface area contributed by atoms with Crippen molar-refractivity contribution in [3.05, 3.63) is 24.3 Å². The lowest BCUT2D eigenvalue weighted by Crippen LogP contribution is -2.11. The van der Waals surface area contributed by atoms with Gasteiger partial charge in [-0.15, -0.1) is 0 Å². The zero-order valence-corrected chi connectivity index (χ0v) is 13.0. The third-order valence-corrected chi connectivity index (χ3v) is 2.63. The van der Waals surface area contributed by atoms with E-state index < -0.39 is 0 Å². The van der Waals surface area contributed by atoms with Crippen LogP contribution in [0.3, 0.4) is 0 Å². The summed E-state index contributed by atoms with van der Waals surface area (Å²) in [4.78, 5) is 21.9. The number of benzene rings is 1. The van der Waals surface area contributed by atoms with E-state index in [1.165, 1.54) is 0 Å². The number of hydrogen-bond acceptors (Lipinski definition) is 6. The second-order valence-electron chi connectivity index (χ2n) is 4.32. The Morgan fingerprint density at radius 3 is 1.41 bits per heavy atom. The van der Waals surface area contributed by atoms with Crippen molar-refractivity contribution < 1.29 is 28.5 Å². The molecule has 0 atom stereocenters. The van der Waals surface area contributed by atoms with Gasteiger partial charge in [-0.2, -0.15) is 0 Å². The standard InChI is InChI=1S/C16H22O6/c1-3-15(17)21-11-9-19-13-5-7-14(8-6-13)20-10-12-22-16(18)4-2/h5-8H,3-4,9-12H2,1-2H3. The zero-order chi connectivity index (χ0) is 16.2. The molecule has 1 rings (SSSR count). The minimum Gasteiger partial charge on any atom is -0.490 e. The van der Waals surface area contributed by atoms with Crippen LogP contribution in [-0.2, 0) is 19.1 Å². The Kier molecular flexibility index (Phi) is 8.49. The Labute approximate surface area is 130 Å². The molecule has 0 N–H and O–H groups in total. The first-order chi connectivity index (χ1) is 10.7. The molecular formula is C16H22O6. The fourth-order valence-electron chi connectivity index (χ4n) is 1.47. The second-order valence-corrected chi connectivity index (χ2v) is 4.32. The fourth-order valence-corrected chi connectivity index (χ4v) is 1.47. The van der Waals surface area contributed by atoms with Crippen molar-refractivity contribution in [3.63, 3.8) is 0 Å². The summed E-state index contributed by atoms with van der Waals surface area (Å²) in [5.41, 5.74) is 0. The third-order valence-electron chi connectivity index (χ3n) is 2.63. The molecule has 0 radical (unpaired) electrons. The largest absolute Gasteiger partial charge is 0.490 e. The lowest BCUT2D eigenvalue weighted by Gasteiger charge is -2.09. The molecule has 0 amide bonds. The van der Waals surface area contributed by atoms with E-state index in [-0.39, 0.29) is 25.2 Å². The van der Waals surface area contributed by atoms with Crippen molar-refractivity contribution in [2.24, 2.45) is 0 Å². The topological polar surface area (TPSA) is 71.1 Å². The monoisotopic (exact) mass is 310 g/mol. The van der Waals surface area contributed by atoms with Gasteiger partial charge in [0.15, 0.2) is 0 Å². The van der Waals surface area contributed by atoms with Crippen molar-refractivity contribution in [1.82, 2.24) is 0 Å². The fraction of sp³-hybridized carbons (Fsp3) is 0.500. The van der Waals surface area contributed by atoms with Gasteiger partial charge < -0.3 is 18.9 Å². The number of rotatable bonds is 10. The molecule has 0 aliphatic carbocycles. The molecule has 0 spiro atoms. The highest BCUT2D eigenvalue weighted by molar-refractivity contribution is 5.69. The molecule has 0 fully saturated rings. The van der Waals surface area contributed by atoms with Gasteiger partial charge in [0, 0.05) is 12.8 Å². The molecule has 0 unspecified atom stereocenters. The lowest BCUT2D eigenvalue weighted by molar-refractivity contribution is -0.144. The predicted octanol–water partition coefficient (Wildman–Crippen LogP) is 2.35. The quantitative estimate of drug-likeness (QED) is 0.488. The van der Waals surface area contributed by atoms with Gasteiger partial charge in [0.25, 0.3) is 0 Å². The van der Waals surface area contributed by atoms with Crippen LogP contribution in [0.4, 0.5) is 0 Å². The summed E-state index contributed by atoms with van der Waals surface area (Å²) in [7, 11) is 0. The number of carbonyl (C=O) groups excluding carboxylic acids is 2. The molecule has 1 aromatic carbocycles. The average Bonchev–Trinajstić information content (AvgIpc) is 2.56. The van der Waals surface area contributed by atoms with Crippen LogP contribution in [0.2, 0.25) is 0 Å². The van der Waals surface area contributed by atoms with Gasteiger partial charge in [0.1, 0.15) is 37.9 Å². The Hall–Kier alpha value is -2.24. The van der Waals surface area contributed by atoms with E-state index >= 15 is 0 Å². The van der Waals surface area contributed by atoms with Gasteiger partial charge in [0.2, 0.25) is 0 Å². The molecule has 6 nitrogen and oxygen atoms in total. The SMILES string of the molecule is CCC(=O)OCCOc1ccc(OCCOC(=O)CC)cc1. The first-order valence-electron chi connectivity index (χ1n) is 7.32. The maximum atomic E-state index is 10.9. The summed E-state index contributed by atoms with van der Waals surface area (Å²) in [5, 5.41) is 0. The van der Waals surface area contributed by atoms with Crippen molar-refractivity contribution in [3.8, 4) is 11.5 Å². The van der Waals surface area contributed by atoms with Crippen LogP contribution in [0, 0.1) is 0 Å². The van der Waals surface area contributed by atoms with Crippen molar-refractivity contribution in [2.45, 2.75) is 26.7 Å². The van der Waals surface area contributed by atoms with Gasteiger partial charge in [-0.05, 0) is 24.3 Å². The summed E-state index contributed by atoms with van der Waals surface area (Å²) in [6.45, 7) is 4.55. The van der Waals surface area contributed by atoms with E-state index in [0.29, 0.717) is 37.6 Å². The first kappa shape index (κ1) is 17.8. The predicted molar refractivity (Wildman–Crippen MR) is 79.9 cm³/mol. The molecule has 0 heterocycles. The van der Waals surface area contributed by atoms with Crippen LogP contribution in [0.15, 0.2) is 24.3 Å². The average molecular weight is 310 g/mol. The summed E-state index contributed by atoms with van der Waals surface area (Å²) >= 11 is 0. The summed E-state index contributed by atoms with van der Waals surface area (Å²) < 4.78 is 20.7. The van der Waals surface area contributed by atoms with Crippen molar-refractivity contribution in [2.75, 3.05) is 26.4 Å². The van der Waals surface area contributed by atoms with E-state index in [4.69, 9.17) is 18.9 Å². The van der Waals surface area contributed by atoms with E-state index in [1.54, 1.807) is 38.1 Å². The summed E-state index contributed by atoms with van der Waals surface area (Å²) in [5.74, 6) is 0.849. The lowest BCUT2D eigenvalue weighted by atomic mass is 10.3.